The first kappa shape index (κ1) is 28.7. The largest absolute Gasteiger partial charge is 0.355 e. The van der Waals surface area contributed by atoms with Gasteiger partial charge in [-0.2, -0.15) is 12.6 Å². The highest BCUT2D eigenvalue weighted by atomic mass is 35.5. The molecule has 196 valence electrons. The lowest BCUT2D eigenvalue weighted by molar-refractivity contribution is -0.124. The molecule has 3 aromatic carbocycles. The lowest BCUT2D eigenvalue weighted by Crippen LogP contribution is -2.37. The number of carbonyl (C=O) groups excluding carboxylic acids is 2. The predicted molar refractivity (Wildman–Crippen MR) is 150 cm³/mol. The van der Waals surface area contributed by atoms with Crippen molar-refractivity contribution in [2.24, 2.45) is 5.92 Å². The second-order valence-corrected chi connectivity index (χ2v) is 10.9. The highest BCUT2D eigenvalue weighted by Gasteiger charge is 2.21. The van der Waals surface area contributed by atoms with E-state index < -0.39 is 15.9 Å². The molecular weight excluding hydrogens is 530 g/mol. The van der Waals surface area contributed by atoms with Gasteiger partial charge < -0.3 is 10.6 Å². The van der Waals surface area contributed by atoms with E-state index >= 15 is 0 Å². The van der Waals surface area contributed by atoms with Gasteiger partial charge in [0.15, 0.2) is 0 Å². The Morgan fingerprint density at radius 2 is 1.62 bits per heavy atom. The summed E-state index contributed by atoms with van der Waals surface area (Å²) in [5, 5.41) is 6.61. The Morgan fingerprint density at radius 1 is 0.919 bits per heavy atom. The maximum Gasteiger partial charge on any atom is 0.264 e. The summed E-state index contributed by atoms with van der Waals surface area (Å²) in [5.74, 6) is -0.431. The molecule has 0 aliphatic rings. The molecule has 0 aliphatic heterocycles. The van der Waals surface area contributed by atoms with Gasteiger partial charge in [-0.15, -0.1) is 0 Å². The lowest BCUT2D eigenvalue weighted by Gasteiger charge is -2.15. The van der Waals surface area contributed by atoms with Gasteiger partial charge in [-0.3, -0.25) is 9.59 Å². The fraction of sp³-hybridized carbons (Fsp3) is 0.259. The number of carbonyl (C=O) groups is 2. The van der Waals surface area contributed by atoms with Crippen LogP contribution in [0.2, 0.25) is 5.02 Å². The van der Waals surface area contributed by atoms with Crippen LogP contribution in [0.1, 0.15) is 18.1 Å². The highest BCUT2D eigenvalue weighted by molar-refractivity contribution is 7.90. The Morgan fingerprint density at radius 3 is 2.30 bits per heavy atom. The maximum atomic E-state index is 12.6. The Bertz CT molecular complexity index is 1330. The molecular formula is C27H30ClN3O4S2. The molecule has 37 heavy (non-hydrogen) atoms. The fourth-order valence-electron chi connectivity index (χ4n) is 3.84. The molecule has 0 aromatic heterocycles. The van der Waals surface area contributed by atoms with Crippen molar-refractivity contribution in [1.82, 2.24) is 15.4 Å². The van der Waals surface area contributed by atoms with Crippen LogP contribution in [-0.2, 0) is 32.6 Å². The minimum atomic E-state index is -4.03. The molecule has 0 bridgehead atoms. The van der Waals surface area contributed by atoms with Crippen LogP contribution in [0.3, 0.4) is 0 Å². The molecule has 0 saturated carbocycles. The zero-order chi connectivity index (χ0) is 26.8. The Kier molecular flexibility index (Phi) is 10.6. The summed E-state index contributed by atoms with van der Waals surface area (Å²) < 4.78 is 27.2. The van der Waals surface area contributed by atoms with Crippen LogP contribution in [0.25, 0.3) is 11.1 Å². The van der Waals surface area contributed by atoms with E-state index in [1.54, 1.807) is 30.3 Å². The first-order valence-corrected chi connectivity index (χ1v) is 14.2. The van der Waals surface area contributed by atoms with Gasteiger partial charge in [0.2, 0.25) is 11.8 Å². The fourth-order valence-corrected chi connectivity index (χ4v) is 5.66. The molecule has 1 atom stereocenters. The number of sulfonamides is 1. The van der Waals surface area contributed by atoms with E-state index in [0.717, 1.165) is 18.1 Å². The molecule has 0 radical (unpaired) electrons. The number of nitrogens with one attached hydrogen (secondary N) is 3. The van der Waals surface area contributed by atoms with E-state index in [1.165, 1.54) is 6.07 Å². The zero-order valence-corrected chi connectivity index (χ0v) is 22.9. The van der Waals surface area contributed by atoms with Gasteiger partial charge in [0, 0.05) is 48.5 Å². The SMILES string of the molecule is CC(=O)NS(=O)(=O)c1ccccc1-c1ccc(CNCCNC(=O)[C@@H](CS)Cc2ccccc2)cc1Cl. The van der Waals surface area contributed by atoms with Crippen LogP contribution in [0.15, 0.2) is 77.7 Å². The minimum Gasteiger partial charge on any atom is -0.355 e. The summed E-state index contributed by atoms with van der Waals surface area (Å²) in [7, 11) is -4.03. The number of halogens is 1. The molecule has 0 aliphatic carbocycles. The van der Waals surface area contributed by atoms with Crippen LogP contribution < -0.4 is 15.4 Å². The maximum absolute atomic E-state index is 12.6. The van der Waals surface area contributed by atoms with Crippen molar-refractivity contribution in [2.75, 3.05) is 18.8 Å². The van der Waals surface area contributed by atoms with Gasteiger partial charge in [-0.1, -0.05) is 72.3 Å². The van der Waals surface area contributed by atoms with Crippen LogP contribution >= 0.6 is 24.2 Å². The number of amides is 2. The molecule has 3 rings (SSSR count). The van der Waals surface area contributed by atoms with E-state index in [0.29, 0.717) is 48.0 Å². The Labute approximate surface area is 228 Å². The van der Waals surface area contributed by atoms with Crippen LogP contribution in [0, 0.1) is 5.92 Å². The summed E-state index contributed by atoms with van der Waals surface area (Å²) in [6.45, 7) is 2.69. The third-order valence-corrected chi connectivity index (χ3v) is 7.87. The van der Waals surface area contributed by atoms with Crippen LogP contribution in [0.5, 0.6) is 0 Å². The molecule has 0 saturated heterocycles. The summed E-state index contributed by atoms with van der Waals surface area (Å²) >= 11 is 10.9. The van der Waals surface area contributed by atoms with Crippen LogP contribution in [-0.4, -0.2) is 39.1 Å². The number of rotatable bonds is 12. The number of thiol groups is 1. The zero-order valence-electron chi connectivity index (χ0n) is 20.4. The van der Waals surface area contributed by atoms with Crippen molar-refractivity contribution in [2.45, 2.75) is 24.8 Å². The van der Waals surface area contributed by atoms with E-state index in [-0.39, 0.29) is 16.7 Å². The smallest absolute Gasteiger partial charge is 0.264 e. The van der Waals surface area contributed by atoms with Gasteiger partial charge in [0.05, 0.1) is 10.8 Å². The van der Waals surface area contributed by atoms with Crippen molar-refractivity contribution >= 4 is 46.1 Å². The second-order valence-electron chi connectivity index (χ2n) is 8.51. The van der Waals surface area contributed by atoms with Crippen molar-refractivity contribution in [3.63, 3.8) is 0 Å². The first-order valence-electron chi connectivity index (χ1n) is 11.8. The third kappa shape index (κ3) is 8.33. The molecule has 0 unspecified atom stereocenters. The minimum absolute atomic E-state index is 0.0269. The Hall–Kier alpha value is -2.85. The number of hydrogen-bond donors (Lipinski definition) is 4. The molecule has 0 heterocycles. The summed E-state index contributed by atoms with van der Waals surface area (Å²) in [6, 6.07) is 21.6. The van der Waals surface area contributed by atoms with E-state index in [2.05, 4.69) is 23.3 Å². The van der Waals surface area contributed by atoms with Crippen molar-refractivity contribution < 1.29 is 18.0 Å². The first-order chi connectivity index (χ1) is 17.7. The topological polar surface area (TPSA) is 104 Å². The van der Waals surface area contributed by atoms with Gasteiger partial charge in [-0.05, 0) is 29.7 Å². The molecule has 2 amide bonds. The van der Waals surface area contributed by atoms with Crippen LogP contribution in [0.4, 0.5) is 0 Å². The molecule has 0 fully saturated rings. The standard InChI is InChI=1S/C27H30ClN3O4S2/c1-19(32)31-37(34,35)26-10-6-5-9-24(26)23-12-11-21(16-25(23)28)17-29-13-14-30-27(33)22(18-36)15-20-7-3-2-4-8-20/h2-12,16,22,29,36H,13-15,17-18H2,1H3,(H,30,33)(H,31,32)/t22-/m1/s1. The Balaban J connectivity index is 1.55. The van der Waals surface area contributed by atoms with E-state index in [1.807, 2.05) is 41.1 Å². The quantitative estimate of drug-likeness (QED) is 0.199. The molecule has 3 N–H and O–H groups in total. The van der Waals surface area contributed by atoms with E-state index in [4.69, 9.17) is 11.6 Å². The lowest BCUT2D eigenvalue weighted by atomic mass is 10.0. The van der Waals surface area contributed by atoms with Crippen molar-refractivity contribution in [3.8, 4) is 11.1 Å². The van der Waals surface area contributed by atoms with Gasteiger partial charge in [0.1, 0.15) is 0 Å². The van der Waals surface area contributed by atoms with Gasteiger partial charge in [0.25, 0.3) is 10.0 Å². The van der Waals surface area contributed by atoms with E-state index in [9.17, 15) is 18.0 Å². The van der Waals surface area contributed by atoms with Gasteiger partial charge >= 0.3 is 0 Å². The summed E-state index contributed by atoms with van der Waals surface area (Å²) in [4.78, 5) is 23.8. The number of hydrogen-bond acceptors (Lipinski definition) is 6. The average molecular weight is 560 g/mol. The molecule has 3 aromatic rings. The normalized spacial score (nSPS) is 12.1. The van der Waals surface area contributed by atoms with Crippen molar-refractivity contribution in [1.29, 1.82) is 0 Å². The summed E-state index contributed by atoms with van der Waals surface area (Å²) in [5.41, 5.74) is 2.95. The highest BCUT2D eigenvalue weighted by Crippen LogP contribution is 2.33. The van der Waals surface area contributed by atoms with Gasteiger partial charge in [-0.25, -0.2) is 13.1 Å². The van der Waals surface area contributed by atoms with Crippen molar-refractivity contribution in [3.05, 3.63) is 88.9 Å². The third-order valence-electron chi connectivity index (χ3n) is 5.62. The molecule has 7 nitrogen and oxygen atoms in total. The molecule has 0 spiro atoms. The summed E-state index contributed by atoms with van der Waals surface area (Å²) in [6.07, 6.45) is 0.643. The average Bonchev–Trinajstić information content (AvgIpc) is 2.87. The number of benzene rings is 3. The monoisotopic (exact) mass is 559 g/mol. The molecule has 10 heteroatoms. The second kappa shape index (κ2) is 13.6. The predicted octanol–water partition coefficient (Wildman–Crippen LogP) is 3.83.